The van der Waals surface area contributed by atoms with Gasteiger partial charge in [-0.15, -0.1) is 0 Å². The van der Waals surface area contributed by atoms with E-state index in [4.69, 9.17) is 18.9 Å². The summed E-state index contributed by atoms with van der Waals surface area (Å²) in [6.07, 6.45) is -0.822. The Morgan fingerprint density at radius 3 is 1.86 bits per heavy atom. The largest absolute Gasteiger partial charge is 0.461 e. The highest BCUT2D eigenvalue weighted by atomic mass is 16.7. The van der Waals surface area contributed by atoms with Gasteiger partial charge in [0.25, 0.3) is 0 Å². The summed E-state index contributed by atoms with van der Waals surface area (Å²) in [6.45, 7) is 5.98. The molecule has 0 aromatic heterocycles. The van der Waals surface area contributed by atoms with E-state index in [9.17, 15) is 14.7 Å². The number of aliphatic hydroxyl groups excluding tert-OH is 1. The molecule has 0 saturated carbocycles. The van der Waals surface area contributed by atoms with Gasteiger partial charge in [0.15, 0.2) is 6.29 Å². The summed E-state index contributed by atoms with van der Waals surface area (Å²) in [6, 6.07) is 18.6. The van der Waals surface area contributed by atoms with E-state index in [-0.39, 0.29) is 19.6 Å². The molecule has 0 unspecified atom stereocenters. The van der Waals surface area contributed by atoms with Crippen LogP contribution in [-0.2, 0) is 41.8 Å². The molecular weight excluding hydrogens is 460 g/mol. The van der Waals surface area contributed by atoms with Gasteiger partial charge < -0.3 is 24.1 Å². The maximum atomic E-state index is 13.5. The van der Waals surface area contributed by atoms with Gasteiger partial charge in [-0.2, -0.15) is 0 Å². The first-order valence-electron chi connectivity index (χ1n) is 12.0. The molecule has 0 saturated heterocycles. The van der Waals surface area contributed by atoms with Crippen molar-refractivity contribution in [3.63, 3.8) is 0 Å². The van der Waals surface area contributed by atoms with Crippen LogP contribution in [0.5, 0.6) is 0 Å². The maximum absolute atomic E-state index is 13.5. The number of methoxy groups -OCH3 is 2. The first-order chi connectivity index (χ1) is 17.1. The fraction of sp³-hybridized carbons (Fsp3) is 0.448. The average Bonchev–Trinajstić information content (AvgIpc) is 3.16. The summed E-state index contributed by atoms with van der Waals surface area (Å²) in [4.78, 5) is 26.8. The van der Waals surface area contributed by atoms with Crippen LogP contribution in [0.3, 0.4) is 0 Å². The predicted molar refractivity (Wildman–Crippen MR) is 134 cm³/mol. The normalized spacial score (nSPS) is 21.8. The van der Waals surface area contributed by atoms with Crippen molar-refractivity contribution in [2.24, 2.45) is 16.7 Å². The number of hydrogen-bond acceptors (Lipinski definition) is 7. The molecule has 1 aliphatic rings. The second-order valence-corrected chi connectivity index (χ2v) is 10.1. The van der Waals surface area contributed by atoms with E-state index in [1.165, 1.54) is 14.2 Å². The molecule has 36 heavy (non-hydrogen) atoms. The van der Waals surface area contributed by atoms with E-state index in [0.29, 0.717) is 5.57 Å². The van der Waals surface area contributed by atoms with Crippen LogP contribution in [0.2, 0.25) is 0 Å². The van der Waals surface area contributed by atoms with Crippen molar-refractivity contribution in [2.75, 3.05) is 14.2 Å². The molecule has 0 amide bonds. The minimum absolute atomic E-state index is 0.0346. The summed E-state index contributed by atoms with van der Waals surface area (Å²) >= 11 is 0. The Morgan fingerprint density at radius 2 is 1.39 bits per heavy atom. The maximum Gasteiger partial charge on any atom is 0.313 e. The Balaban J connectivity index is 1.95. The SMILES string of the molecule is COC(OC)[C@@]1(CC(=O)OCc2ccccc2)C(C(C)(C)C)=C[C@H](O)[C@@H]1C(=O)OCc1ccccc1. The first-order valence-corrected chi connectivity index (χ1v) is 12.0. The molecule has 2 aromatic carbocycles. The lowest BCUT2D eigenvalue weighted by atomic mass is 9.63. The first kappa shape index (κ1) is 27.6. The average molecular weight is 497 g/mol. The molecule has 7 nitrogen and oxygen atoms in total. The number of hydrogen-bond donors (Lipinski definition) is 1. The third-order valence-corrected chi connectivity index (χ3v) is 6.55. The topological polar surface area (TPSA) is 91.3 Å². The molecule has 0 spiro atoms. The van der Waals surface area contributed by atoms with Crippen LogP contribution in [0.1, 0.15) is 38.3 Å². The van der Waals surface area contributed by atoms with E-state index < -0.39 is 41.1 Å². The number of aliphatic hydroxyl groups is 1. The van der Waals surface area contributed by atoms with Crippen molar-refractivity contribution in [1.82, 2.24) is 0 Å². The second-order valence-electron chi connectivity index (χ2n) is 10.1. The predicted octanol–water partition coefficient (Wildman–Crippen LogP) is 4.43. The van der Waals surface area contributed by atoms with Crippen LogP contribution in [0, 0.1) is 16.7 Å². The molecular formula is C29H36O7. The lowest BCUT2D eigenvalue weighted by Gasteiger charge is -2.45. The van der Waals surface area contributed by atoms with E-state index in [1.807, 2.05) is 81.4 Å². The summed E-state index contributed by atoms with van der Waals surface area (Å²) < 4.78 is 22.6. The van der Waals surface area contributed by atoms with Gasteiger partial charge in [-0.25, -0.2) is 0 Å². The van der Waals surface area contributed by atoms with E-state index >= 15 is 0 Å². The van der Waals surface area contributed by atoms with Gasteiger partial charge in [0.05, 0.1) is 17.9 Å². The van der Waals surface area contributed by atoms with Crippen LogP contribution in [0.4, 0.5) is 0 Å². The molecule has 7 heteroatoms. The molecule has 1 N–H and O–H groups in total. The van der Waals surface area contributed by atoms with Gasteiger partial charge in [-0.3, -0.25) is 9.59 Å². The van der Waals surface area contributed by atoms with Gasteiger partial charge in [0.2, 0.25) is 0 Å². The second kappa shape index (κ2) is 11.8. The van der Waals surface area contributed by atoms with Gasteiger partial charge in [-0.05, 0) is 16.5 Å². The van der Waals surface area contributed by atoms with Crippen LogP contribution in [0.25, 0.3) is 0 Å². The number of carbonyl (C=O) groups excluding carboxylic acids is 2. The summed E-state index contributed by atoms with van der Waals surface area (Å²) in [5, 5.41) is 11.1. The van der Waals surface area contributed by atoms with Gasteiger partial charge in [-0.1, -0.05) is 93.1 Å². The minimum Gasteiger partial charge on any atom is -0.461 e. The van der Waals surface area contributed by atoms with Crippen molar-refractivity contribution in [3.05, 3.63) is 83.4 Å². The molecule has 0 heterocycles. The van der Waals surface area contributed by atoms with Crippen molar-refractivity contribution < 1.29 is 33.6 Å². The van der Waals surface area contributed by atoms with E-state index in [1.54, 1.807) is 6.08 Å². The standard InChI is InChI=1S/C29H36O7/c1-28(2,3)23-16-22(30)25(26(32)36-19-21-14-10-7-11-15-21)29(23,27(33-4)34-5)17-24(31)35-18-20-12-8-6-9-13-20/h6-16,22,25,27,30H,17-19H2,1-5H3/t22-,25+,29-/m0/s1. The molecule has 1 aliphatic carbocycles. The minimum atomic E-state index is -1.34. The summed E-state index contributed by atoms with van der Waals surface area (Å²) in [7, 11) is 2.89. The number of esters is 2. The molecule has 3 atom stereocenters. The number of carbonyl (C=O) groups is 2. The van der Waals surface area contributed by atoms with Crippen LogP contribution < -0.4 is 0 Å². The molecule has 2 aromatic rings. The number of benzene rings is 2. The zero-order valence-electron chi connectivity index (χ0n) is 21.6. The van der Waals surface area contributed by atoms with Crippen molar-refractivity contribution >= 4 is 11.9 Å². The molecule has 194 valence electrons. The fourth-order valence-corrected chi connectivity index (χ4v) is 5.12. The third-order valence-electron chi connectivity index (χ3n) is 6.55. The van der Waals surface area contributed by atoms with Crippen LogP contribution in [-0.4, -0.2) is 43.7 Å². The highest BCUT2D eigenvalue weighted by Crippen LogP contribution is 2.56. The van der Waals surface area contributed by atoms with Crippen molar-refractivity contribution in [3.8, 4) is 0 Å². The Morgan fingerprint density at radius 1 is 0.889 bits per heavy atom. The lowest BCUT2D eigenvalue weighted by Crippen LogP contribution is -2.52. The smallest absolute Gasteiger partial charge is 0.313 e. The third kappa shape index (κ3) is 6.03. The summed E-state index contributed by atoms with van der Waals surface area (Å²) in [5.74, 6) is -2.32. The number of ether oxygens (including phenoxy) is 4. The van der Waals surface area contributed by atoms with Crippen molar-refractivity contribution in [1.29, 1.82) is 0 Å². The number of rotatable bonds is 10. The fourth-order valence-electron chi connectivity index (χ4n) is 5.12. The van der Waals surface area contributed by atoms with E-state index in [2.05, 4.69) is 0 Å². The molecule has 0 radical (unpaired) electrons. The molecule has 0 bridgehead atoms. The highest BCUT2D eigenvalue weighted by molar-refractivity contribution is 5.80. The Labute approximate surface area is 213 Å². The van der Waals surface area contributed by atoms with Crippen LogP contribution in [0.15, 0.2) is 72.3 Å². The zero-order chi connectivity index (χ0) is 26.3. The van der Waals surface area contributed by atoms with Gasteiger partial charge in [0, 0.05) is 14.2 Å². The van der Waals surface area contributed by atoms with Crippen molar-refractivity contribution in [2.45, 2.75) is 52.8 Å². The molecule has 3 rings (SSSR count). The Kier molecular flexibility index (Phi) is 9.06. The van der Waals surface area contributed by atoms with Gasteiger partial charge in [0.1, 0.15) is 19.1 Å². The van der Waals surface area contributed by atoms with E-state index in [0.717, 1.165) is 11.1 Å². The monoisotopic (exact) mass is 496 g/mol. The molecule has 0 aliphatic heterocycles. The Hall–Kier alpha value is -3.00. The van der Waals surface area contributed by atoms with Gasteiger partial charge >= 0.3 is 11.9 Å². The highest BCUT2D eigenvalue weighted by Gasteiger charge is 2.62. The summed E-state index contributed by atoms with van der Waals surface area (Å²) in [5.41, 5.74) is 0.458. The quantitative estimate of drug-likeness (QED) is 0.296. The molecule has 0 fully saturated rings. The van der Waals surface area contributed by atoms with Crippen LogP contribution >= 0.6 is 0 Å². The lowest BCUT2D eigenvalue weighted by molar-refractivity contribution is -0.207. The zero-order valence-corrected chi connectivity index (χ0v) is 21.6. The Bertz CT molecular complexity index is 1040.